The molecule has 0 spiro atoms. The van der Waals surface area contributed by atoms with Crippen molar-refractivity contribution in [1.82, 2.24) is 4.90 Å². The second kappa shape index (κ2) is 8.88. The molecule has 0 aliphatic carbocycles. The van der Waals surface area contributed by atoms with Gasteiger partial charge in [0.1, 0.15) is 11.5 Å². The van der Waals surface area contributed by atoms with E-state index in [0.717, 1.165) is 0 Å². The molecule has 0 aromatic carbocycles. The first-order valence-corrected chi connectivity index (χ1v) is 9.11. The van der Waals surface area contributed by atoms with Crippen molar-refractivity contribution in [3.63, 3.8) is 0 Å². The minimum Gasteiger partial charge on any atom is -0.391 e. The van der Waals surface area contributed by atoms with Gasteiger partial charge in [0.2, 0.25) is 0 Å². The van der Waals surface area contributed by atoms with E-state index in [2.05, 4.69) is 4.99 Å². The van der Waals surface area contributed by atoms with E-state index in [1.807, 2.05) is 0 Å². The molecule has 0 amide bonds. The van der Waals surface area contributed by atoms with Crippen molar-refractivity contribution in [1.29, 1.82) is 0 Å². The van der Waals surface area contributed by atoms with E-state index in [9.17, 15) is 22.7 Å². The second-order valence-corrected chi connectivity index (χ2v) is 7.41. The van der Waals surface area contributed by atoms with Gasteiger partial charge < -0.3 is 19.5 Å². The fourth-order valence-corrected chi connectivity index (χ4v) is 3.97. The van der Waals surface area contributed by atoms with Crippen LogP contribution in [0.15, 0.2) is 4.99 Å². The van der Waals surface area contributed by atoms with Crippen LogP contribution in [0.1, 0.15) is 25.7 Å². The molecule has 25 heavy (non-hydrogen) atoms. The average molecular weight is 388 g/mol. The van der Waals surface area contributed by atoms with Gasteiger partial charge in [-0.15, -0.1) is 0 Å². The number of thioether (sulfide) groups is 1. The third-order valence-corrected chi connectivity index (χ3v) is 5.36. The van der Waals surface area contributed by atoms with Crippen LogP contribution in [0.4, 0.5) is 17.6 Å². The lowest BCUT2D eigenvalue weighted by Gasteiger charge is -2.38. The lowest BCUT2D eigenvalue weighted by Crippen LogP contribution is -2.53. The summed E-state index contributed by atoms with van der Waals surface area (Å²) in [6, 6.07) is -0.572. The Kier molecular flexibility index (Phi) is 7.36. The minimum absolute atomic E-state index is 0.124. The van der Waals surface area contributed by atoms with Crippen LogP contribution in [0, 0.1) is 0 Å². The summed E-state index contributed by atoms with van der Waals surface area (Å²) in [5, 5.41) is 10.8. The first kappa shape index (κ1) is 20.7. The summed E-state index contributed by atoms with van der Waals surface area (Å²) >= 11 is 1.20. The summed E-state index contributed by atoms with van der Waals surface area (Å²) < 4.78 is 62.7. The van der Waals surface area contributed by atoms with Crippen LogP contribution in [-0.2, 0) is 9.47 Å². The Morgan fingerprint density at radius 3 is 2.68 bits per heavy atom. The van der Waals surface area contributed by atoms with Crippen LogP contribution >= 0.6 is 11.8 Å². The topological polar surface area (TPSA) is 54.3 Å². The number of amidine groups is 1. The minimum atomic E-state index is -4.61. The lowest BCUT2D eigenvalue weighted by molar-refractivity contribution is -0.265. The molecule has 0 aromatic heterocycles. The molecule has 0 aromatic rings. The van der Waals surface area contributed by atoms with E-state index in [1.165, 1.54) is 11.8 Å². The van der Waals surface area contributed by atoms with Gasteiger partial charge in [0.25, 0.3) is 0 Å². The van der Waals surface area contributed by atoms with E-state index >= 15 is 0 Å². The number of ether oxygens (including phenoxy) is 2. The Hall–Kier alpha value is -0.580. The normalized spacial score (nSPS) is 30.8. The number of nitrogens with zero attached hydrogens (tertiary/aromatic N) is 2. The highest BCUT2D eigenvalue weighted by atomic mass is 32.2. The summed E-state index contributed by atoms with van der Waals surface area (Å²) in [5.41, 5.74) is -0.661. The zero-order chi connectivity index (χ0) is 18.6. The molecular weight excluding hydrogens is 364 g/mol. The van der Waals surface area contributed by atoms with Gasteiger partial charge in [-0.2, -0.15) is 13.2 Å². The van der Waals surface area contributed by atoms with Crippen LogP contribution in [0.5, 0.6) is 0 Å². The molecule has 2 rings (SSSR count). The molecule has 2 heterocycles. The molecule has 2 aliphatic heterocycles. The van der Waals surface area contributed by atoms with Gasteiger partial charge in [0, 0.05) is 27.1 Å². The van der Waals surface area contributed by atoms with Gasteiger partial charge in [0.15, 0.2) is 11.3 Å². The number of rotatable bonds is 7. The lowest BCUT2D eigenvalue weighted by atomic mass is 9.98. The maximum atomic E-state index is 13.4. The molecule has 0 radical (unpaired) electrons. The predicted octanol–water partition coefficient (Wildman–Crippen LogP) is 2.58. The smallest absolute Gasteiger partial charge is 0.391 e. The van der Waals surface area contributed by atoms with Gasteiger partial charge in [-0.25, -0.2) is 0 Å². The Bertz CT molecular complexity index is 465. The van der Waals surface area contributed by atoms with Gasteiger partial charge in [-0.1, -0.05) is 11.8 Å². The van der Waals surface area contributed by atoms with Crippen molar-refractivity contribution in [3.05, 3.63) is 0 Å². The van der Waals surface area contributed by atoms with Crippen LogP contribution < -0.4 is 0 Å². The van der Waals surface area contributed by atoms with Crippen molar-refractivity contribution in [2.45, 2.75) is 61.6 Å². The molecule has 1 saturated heterocycles. The second-order valence-electron chi connectivity index (χ2n) is 6.34. The Morgan fingerprint density at radius 2 is 2.08 bits per heavy atom. The summed E-state index contributed by atoms with van der Waals surface area (Å²) in [6.45, 7) is -0.615. The largest absolute Gasteiger partial charge is 0.417 e. The molecule has 146 valence electrons. The highest BCUT2D eigenvalue weighted by Gasteiger charge is 2.52. The van der Waals surface area contributed by atoms with Crippen molar-refractivity contribution in [2.75, 3.05) is 27.4 Å². The van der Waals surface area contributed by atoms with E-state index < -0.39 is 42.6 Å². The third kappa shape index (κ3) is 5.45. The maximum absolute atomic E-state index is 13.4. The monoisotopic (exact) mass is 388 g/mol. The number of fused-ring (bicyclic) bond motifs is 1. The third-order valence-electron chi connectivity index (χ3n) is 4.06. The van der Waals surface area contributed by atoms with Crippen molar-refractivity contribution in [3.8, 4) is 0 Å². The Morgan fingerprint density at radius 1 is 1.36 bits per heavy atom. The molecule has 0 saturated carbocycles. The SMILES string of the molecule is CN(C)C1=N[C@H]2[C@H](O[C@H]([C@H](OCCCCCF)C(F)(F)F)C[C@@H]2O)S1. The van der Waals surface area contributed by atoms with Crippen molar-refractivity contribution < 1.29 is 32.1 Å². The van der Waals surface area contributed by atoms with Crippen LogP contribution in [-0.4, -0.2) is 78.5 Å². The quantitative estimate of drug-likeness (QED) is 0.537. The fourth-order valence-electron chi connectivity index (χ4n) is 2.79. The number of alkyl halides is 4. The van der Waals surface area contributed by atoms with Gasteiger partial charge in [0.05, 0.1) is 18.9 Å². The van der Waals surface area contributed by atoms with Crippen LogP contribution in [0.3, 0.4) is 0 Å². The number of aliphatic hydroxyl groups excluding tert-OH is 1. The van der Waals surface area contributed by atoms with E-state index in [-0.39, 0.29) is 13.0 Å². The average Bonchev–Trinajstić information content (AvgIpc) is 2.94. The van der Waals surface area contributed by atoms with Crippen molar-refractivity contribution >= 4 is 16.9 Å². The zero-order valence-corrected chi connectivity index (χ0v) is 15.0. The fraction of sp³-hybridized carbons (Fsp3) is 0.933. The number of hydrogen-bond acceptors (Lipinski definition) is 6. The van der Waals surface area contributed by atoms with Crippen LogP contribution in [0.2, 0.25) is 0 Å². The zero-order valence-electron chi connectivity index (χ0n) is 14.2. The Balaban J connectivity index is 1.97. The van der Waals surface area contributed by atoms with E-state index in [1.54, 1.807) is 19.0 Å². The number of aliphatic imine (C=N–C) groups is 1. The van der Waals surface area contributed by atoms with E-state index in [4.69, 9.17) is 9.47 Å². The predicted molar refractivity (Wildman–Crippen MR) is 87.4 cm³/mol. The molecule has 2 aliphatic rings. The standard InChI is InChI=1S/C15H24F4N2O3S/c1-21(2)14-20-11-9(22)8-10(24-13(11)25-14)12(15(17,18)19)23-7-5-3-4-6-16/h9-13,22H,3-8H2,1-2H3/t9-,10-,11+,12-,13+/m0/s1. The van der Waals surface area contributed by atoms with E-state index in [0.29, 0.717) is 24.4 Å². The molecule has 0 unspecified atom stereocenters. The van der Waals surface area contributed by atoms with Crippen molar-refractivity contribution in [2.24, 2.45) is 4.99 Å². The highest BCUT2D eigenvalue weighted by Crippen LogP contribution is 2.40. The number of unbranched alkanes of at least 4 members (excludes halogenated alkanes) is 2. The molecule has 10 heteroatoms. The summed E-state index contributed by atoms with van der Waals surface area (Å²) in [4.78, 5) is 6.05. The van der Waals surface area contributed by atoms with Crippen LogP contribution in [0.25, 0.3) is 0 Å². The summed E-state index contributed by atoms with van der Waals surface area (Å²) in [5.74, 6) is 0. The first-order valence-electron chi connectivity index (χ1n) is 8.23. The molecule has 0 bridgehead atoms. The van der Waals surface area contributed by atoms with Gasteiger partial charge >= 0.3 is 6.18 Å². The molecule has 5 nitrogen and oxygen atoms in total. The number of aliphatic hydroxyl groups is 1. The van der Waals surface area contributed by atoms with Gasteiger partial charge in [-0.3, -0.25) is 9.38 Å². The number of hydrogen-bond donors (Lipinski definition) is 1. The molecule has 1 fully saturated rings. The summed E-state index contributed by atoms with van der Waals surface area (Å²) in [6.07, 6.45) is -8.10. The summed E-state index contributed by atoms with van der Waals surface area (Å²) in [7, 11) is 3.54. The first-order chi connectivity index (χ1) is 11.7. The molecule has 1 N–H and O–H groups in total. The highest BCUT2D eigenvalue weighted by molar-refractivity contribution is 8.14. The van der Waals surface area contributed by atoms with Gasteiger partial charge in [-0.05, 0) is 19.3 Å². The Labute approximate surface area is 148 Å². The molecular formula is C15H24F4N2O3S. The molecule has 5 atom stereocenters. The number of halogens is 4. The maximum Gasteiger partial charge on any atom is 0.417 e.